The van der Waals surface area contributed by atoms with Crippen molar-refractivity contribution in [2.75, 3.05) is 47.5 Å². The molecule has 0 spiro atoms. The van der Waals surface area contributed by atoms with E-state index in [9.17, 15) is 19.5 Å². The van der Waals surface area contributed by atoms with Crippen LogP contribution >= 0.6 is 0 Å². The van der Waals surface area contributed by atoms with Gasteiger partial charge in [-0.05, 0) is 44.9 Å². The first-order chi connectivity index (χ1) is 40.1. The summed E-state index contributed by atoms with van der Waals surface area (Å²) in [6, 6.07) is 0. The third-order valence-electron chi connectivity index (χ3n) is 16.5. The fraction of sp³-hybridized carbons (Fsp3) is 0.904. The molecule has 0 aliphatic carbocycles. The maximum Gasteiger partial charge on any atom is 0.361 e. The zero-order valence-corrected chi connectivity index (χ0v) is 55.4. The SMILES string of the molecule is CCCCCCC/C=C\C/C=C\CCCCCCCCCCCCCCCCCCCC(=O)OC(COC(=O)CCCCCCCCCCCCCCCCCCCCCCCCCCCCCC)COC(OCC[N+](C)(C)C)C(=O)O. The Morgan fingerprint density at radius 3 is 0.963 bits per heavy atom. The van der Waals surface area contributed by atoms with Gasteiger partial charge in [0.25, 0.3) is 6.29 Å². The summed E-state index contributed by atoms with van der Waals surface area (Å²) in [5.74, 6) is -1.97. The predicted octanol–water partition coefficient (Wildman–Crippen LogP) is 22.2. The van der Waals surface area contributed by atoms with Crippen molar-refractivity contribution in [3.05, 3.63) is 24.3 Å². The highest BCUT2D eigenvalue weighted by Crippen LogP contribution is 2.19. The first-order valence-corrected chi connectivity index (χ1v) is 36.0. The fourth-order valence-electron chi connectivity index (χ4n) is 10.9. The van der Waals surface area contributed by atoms with Crippen LogP contribution in [0.3, 0.4) is 0 Å². The molecule has 0 saturated heterocycles. The van der Waals surface area contributed by atoms with Gasteiger partial charge in [-0.25, -0.2) is 4.79 Å². The van der Waals surface area contributed by atoms with Crippen molar-refractivity contribution in [1.82, 2.24) is 0 Å². The van der Waals surface area contributed by atoms with Crippen molar-refractivity contribution in [3.8, 4) is 0 Å². The number of carbonyl (C=O) groups excluding carboxylic acids is 2. The van der Waals surface area contributed by atoms with Crippen LogP contribution in [0.25, 0.3) is 0 Å². The number of nitrogens with zero attached hydrogens (tertiary/aromatic N) is 1. The van der Waals surface area contributed by atoms with Crippen LogP contribution in [0.15, 0.2) is 24.3 Å². The second-order valence-corrected chi connectivity index (χ2v) is 25.9. The second kappa shape index (κ2) is 64.8. The Kier molecular flexibility index (Phi) is 63.0. The van der Waals surface area contributed by atoms with Crippen molar-refractivity contribution in [1.29, 1.82) is 0 Å². The predicted molar refractivity (Wildman–Crippen MR) is 351 cm³/mol. The molecule has 0 aromatic rings. The lowest BCUT2D eigenvalue weighted by molar-refractivity contribution is -0.870. The molecule has 0 radical (unpaired) electrons. The molecule has 0 aliphatic heterocycles. The maximum absolute atomic E-state index is 12.9. The molecular formula is C73H140NO8+. The number of carboxylic acids is 1. The standard InChI is InChI=1S/C73H139NO8/c1-6-8-10-12-14-16-18-20-22-24-26-28-30-32-34-36-38-40-42-44-46-48-50-52-54-56-58-60-62-64-71(76)82-69(68-81-73(72(77)78)79-66-65-74(3,4)5)67-80-70(75)63-61-59-57-55-53-51-49-47-45-43-41-39-37-35-33-31-29-27-25-23-21-19-17-15-13-11-9-7-2/h18,20,24,26,69,73H,6-17,19,21-23,25,27-68H2,1-5H3/p+1/b20-18-,26-24-. The smallest absolute Gasteiger partial charge is 0.361 e. The lowest BCUT2D eigenvalue weighted by Crippen LogP contribution is -2.40. The van der Waals surface area contributed by atoms with Gasteiger partial charge in [0.15, 0.2) is 6.10 Å². The van der Waals surface area contributed by atoms with Gasteiger partial charge in [0.05, 0.1) is 34.4 Å². The van der Waals surface area contributed by atoms with E-state index in [0.29, 0.717) is 17.4 Å². The molecule has 484 valence electrons. The number of hydrogen-bond donors (Lipinski definition) is 1. The minimum absolute atomic E-state index is 0.175. The van der Waals surface area contributed by atoms with E-state index in [2.05, 4.69) is 38.2 Å². The van der Waals surface area contributed by atoms with Crippen LogP contribution in [0.2, 0.25) is 0 Å². The van der Waals surface area contributed by atoms with E-state index in [4.69, 9.17) is 18.9 Å². The first kappa shape index (κ1) is 79.8. The molecule has 0 heterocycles. The molecule has 0 fully saturated rings. The number of aliphatic carboxylic acids is 1. The summed E-state index contributed by atoms with van der Waals surface area (Å²) in [5.41, 5.74) is 0. The Hall–Kier alpha value is -2.23. The fourth-order valence-corrected chi connectivity index (χ4v) is 10.9. The molecule has 0 bridgehead atoms. The maximum atomic E-state index is 12.9. The highest BCUT2D eigenvalue weighted by molar-refractivity contribution is 5.71. The Balaban J connectivity index is 4.05. The van der Waals surface area contributed by atoms with Gasteiger partial charge in [0, 0.05) is 12.8 Å². The molecule has 9 heteroatoms. The van der Waals surface area contributed by atoms with Crippen LogP contribution < -0.4 is 0 Å². The van der Waals surface area contributed by atoms with Crippen LogP contribution in [-0.2, 0) is 33.3 Å². The largest absolute Gasteiger partial charge is 0.477 e. The summed E-state index contributed by atoms with van der Waals surface area (Å²) < 4.78 is 23.0. The Morgan fingerprint density at radius 1 is 0.366 bits per heavy atom. The van der Waals surface area contributed by atoms with Crippen molar-refractivity contribution >= 4 is 17.9 Å². The Morgan fingerprint density at radius 2 is 0.659 bits per heavy atom. The van der Waals surface area contributed by atoms with Gasteiger partial charge in [-0.2, -0.15) is 0 Å². The summed E-state index contributed by atoms with van der Waals surface area (Å²) in [7, 11) is 5.99. The Labute approximate surface area is 509 Å². The van der Waals surface area contributed by atoms with Gasteiger partial charge in [-0.3, -0.25) is 9.59 Å². The number of rotatable bonds is 68. The molecule has 0 aliphatic rings. The summed E-state index contributed by atoms with van der Waals surface area (Å²) in [6.45, 7) is 4.95. The average molecular weight is 1160 g/mol. The number of carboxylic acid groups (broad SMARTS) is 1. The van der Waals surface area contributed by atoms with Gasteiger partial charge in [-0.15, -0.1) is 0 Å². The molecule has 0 aromatic carbocycles. The number of ether oxygens (including phenoxy) is 4. The van der Waals surface area contributed by atoms with Gasteiger partial charge in [-0.1, -0.05) is 334 Å². The summed E-state index contributed by atoms with van der Waals surface area (Å²) in [5, 5.41) is 9.75. The van der Waals surface area contributed by atoms with E-state index in [1.165, 1.54) is 295 Å². The molecule has 9 nitrogen and oxygen atoms in total. The van der Waals surface area contributed by atoms with E-state index in [1.54, 1.807) is 0 Å². The summed E-state index contributed by atoms with van der Waals surface area (Å²) >= 11 is 0. The summed E-state index contributed by atoms with van der Waals surface area (Å²) in [4.78, 5) is 37.6. The molecule has 0 amide bonds. The van der Waals surface area contributed by atoms with E-state index >= 15 is 0 Å². The highest BCUT2D eigenvalue weighted by atomic mass is 16.7. The number of carbonyl (C=O) groups is 3. The molecule has 0 aromatic heterocycles. The van der Waals surface area contributed by atoms with E-state index < -0.39 is 18.4 Å². The normalized spacial score (nSPS) is 12.7. The van der Waals surface area contributed by atoms with Gasteiger partial charge >= 0.3 is 17.9 Å². The topological polar surface area (TPSA) is 108 Å². The lowest BCUT2D eigenvalue weighted by atomic mass is 10.0. The minimum atomic E-state index is -1.51. The van der Waals surface area contributed by atoms with Crippen LogP contribution in [0.4, 0.5) is 0 Å². The zero-order valence-electron chi connectivity index (χ0n) is 55.4. The molecule has 0 saturated carbocycles. The number of quaternary nitrogens is 1. The number of allylic oxidation sites excluding steroid dienone is 4. The van der Waals surface area contributed by atoms with Crippen molar-refractivity contribution in [3.63, 3.8) is 0 Å². The average Bonchev–Trinajstić information content (AvgIpc) is 3.47. The molecule has 1 N–H and O–H groups in total. The molecule has 82 heavy (non-hydrogen) atoms. The van der Waals surface area contributed by atoms with Gasteiger partial charge < -0.3 is 28.5 Å². The number of esters is 2. The molecule has 2 unspecified atom stereocenters. The van der Waals surface area contributed by atoms with Crippen molar-refractivity contribution < 1.29 is 42.9 Å². The van der Waals surface area contributed by atoms with E-state index in [-0.39, 0.29) is 38.2 Å². The highest BCUT2D eigenvalue weighted by Gasteiger charge is 2.25. The van der Waals surface area contributed by atoms with Gasteiger partial charge in [0.2, 0.25) is 0 Å². The van der Waals surface area contributed by atoms with Crippen LogP contribution in [0.1, 0.15) is 367 Å². The number of likely N-dealkylation sites (N-methyl/N-ethyl adjacent to an activating group) is 1. The van der Waals surface area contributed by atoms with Crippen LogP contribution in [-0.4, -0.2) is 87.4 Å². The zero-order chi connectivity index (χ0) is 59.8. The first-order valence-electron chi connectivity index (χ1n) is 36.0. The number of unbranched alkanes of at least 4 members (excludes halogenated alkanes) is 49. The Bertz CT molecular complexity index is 1390. The van der Waals surface area contributed by atoms with Crippen LogP contribution in [0, 0.1) is 0 Å². The molecule has 2 atom stereocenters. The van der Waals surface area contributed by atoms with Crippen LogP contribution in [0.5, 0.6) is 0 Å². The third kappa shape index (κ3) is 65.3. The lowest BCUT2D eigenvalue weighted by Gasteiger charge is -2.25. The molecule has 0 rings (SSSR count). The minimum Gasteiger partial charge on any atom is -0.477 e. The second-order valence-electron chi connectivity index (χ2n) is 25.9. The van der Waals surface area contributed by atoms with Gasteiger partial charge in [0.1, 0.15) is 13.2 Å². The quantitative estimate of drug-likeness (QED) is 0.0211. The van der Waals surface area contributed by atoms with Crippen molar-refractivity contribution in [2.45, 2.75) is 379 Å². The summed E-state index contributed by atoms with van der Waals surface area (Å²) in [6.07, 6.45) is 77.3. The molecular weight excluding hydrogens is 1020 g/mol. The van der Waals surface area contributed by atoms with E-state index in [0.717, 1.165) is 44.9 Å². The van der Waals surface area contributed by atoms with Crippen molar-refractivity contribution in [2.24, 2.45) is 0 Å². The third-order valence-corrected chi connectivity index (χ3v) is 16.5. The number of hydrogen-bond acceptors (Lipinski definition) is 7. The van der Waals surface area contributed by atoms with E-state index in [1.807, 2.05) is 21.1 Å². The monoisotopic (exact) mass is 1160 g/mol.